The molecule has 0 radical (unpaired) electrons. The fourth-order valence-corrected chi connectivity index (χ4v) is 3.29. The van der Waals surface area contributed by atoms with Crippen molar-refractivity contribution in [3.05, 3.63) is 0 Å². The molecule has 0 amide bonds. The van der Waals surface area contributed by atoms with Gasteiger partial charge in [0.05, 0.1) is 0 Å². The molecular formula is C9H17NO2S. The molecule has 1 aliphatic heterocycles. The van der Waals surface area contributed by atoms with E-state index in [4.69, 9.17) is 5.11 Å². The number of carboxylic acids is 1. The van der Waals surface area contributed by atoms with Crippen molar-refractivity contribution in [1.82, 2.24) is 5.32 Å². The van der Waals surface area contributed by atoms with Crippen molar-refractivity contribution < 1.29 is 9.90 Å². The summed E-state index contributed by atoms with van der Waals surface area (Å²) in [4.78, 5) is 11.0. The number of carboxylic acid groups (broad SMARTS) is 1. The summed E-state index contributed by atoms with van der Waals surface area (Å²) in [6, 6.07) is -0.374. The zero-order valence-corrected chi connectivity index (χ0v) is 8.99. The molecule has 13 heavy (non-hydrogen) atoms. The zero-order valence-electron chi connectivity index (χ0n) is 8.17. The van der Waals surface area contributed by atoms with Crippen LogP contribution < -0.4 is 5.32 Å². The summed E-state index contributed by atoms with van der Waals surface area (Å²) < 4.78 is -0.0932. The number of aliphatic carboxylic acids is 1. The third-order valence-corrected chi connectivity index (χ3v) is 4.61. The van der Waals surface area contributed by atoms with Gasteiger partial charge in [-0.3, -0.25) is 4.79 Å². The van der Waals surface area contributed by atoms with Crippen LogP contribution in [0.4, 0.5) is 0 Å². The van der Waals surface area contributed by atoms with Gasteiger partial charge in [-0.15, -0.1) is 0 Å². The Labute approximate surface area is 83.3 Å². The van der Waals surface area contributed by atoms with E-state index in [9.17, 15) is 4.79 Å². The molecule has 0 spiro atoms. The maximum Gasteiger partial charge on any atom is 0.322 e. The van der Waals surface area contributed by atoms with Crippen molar-refractivity contribution in [2.24, 2.45) is 0 Å². The monoisotopic (exact) mass is 203 g/mol. The maximum atomic E-state index is 11.0. The lowest BCUT2D eigenvalue weighted by Gasteiger charge is -2.40. The van der Waals surface area contributed by atoms with Crippen LogP contribution in [0.5, 0.6) is 0 Å². The minimum Gasteiger partial charge on any atom is -0.480 e. The lowest BCUT2D eigenvalue weighted by atomic mass is 9.92. The summed E-state index contributed by atoms with van der Waals surface area (Å²) in [7, 11) is 0. The van der Waals surface area contributed by atoms with Crippen LogP contribution in [0.2, 0.25) is 0 Å². The van der Waals surface area contributed by atoms with Crippen molar-refractivity contribution in [1.29, 1.82) is 0 Å². The molecule has 1 heterocycles. The molecule has 1 atom stereocenters. The number of nitrogens with one attached hydrogen (secondary N) is 1. The lowest BCUT2D eigenvalue weighted by molar-refractivity contribution is -0.140. The first kappa shape index (κ1) is 10.9. The predicted octanol–water partition coefficient (Wildman–Crippen LogP) is 1.33. The van der Waals surface area contributed by atoms with Gasteiger partial charge in [0.2, 0.25) is 0 Å². The first-order chi connectivity index (χ1) is 6.16. The van der Waals surface area contributed by atoms with Gasteiger partial charge >= 0.3 is 5.97 Å². The molecule has 1 rings (SSSR count). The third kappa shape index (κ3) is 1.99. The number of rotatable bonds is 3. The van der Waals surface area contributed by atoms with Gasteiger partial charge in [0.15, 0.2) is 0 Å². The molecule has 1 aliphatic rings. The summed E-state index contributed by atoms with van der Waals surface area (Å²) in [5.74, 6) is 0.307. The normalized spacial score (nSPS) is 27.1. The first-order valence-electron chi connectivity index (χ1n) is 4.76. The number of hydrogen-bond donors (Lipinski definition) is 2. The summed E-state index contributed by atoms with van der Waals surface area (Å²) in [5.41, 5.74) is 0. The smallest absolute Gasteiger partial charge is 0.322 e. The van der Waals surface area contributed by atoms with E-state index >= 15 is 0 Å². The van der Waals surface area contributed by atoms with Crippen LogP contribution in [-0.4, -0.2) is 34.2 Å². The molecule has 2 N–H and O–H groups in total. The second kappa shape index (κ2) is 4.33. The predicted molar refractivity (Wildman–Crippen MR) is 55.2 cm³/mol. The highest BCUT2D eigenvalue weighted by Crippen LogP contribution is 2.38. The Bertz CT molecular complexity index is 192. The molecule has 1 saturated heterocycles. The van der Waals surface area contributed by atoms with Crippen LogP contribution in [0.15, 0.2) is 0 Å². The second-order valence-electron chi connectivity index (χ2n) is 3.35. The van der Waals surface area contributed by atoms with Crippen molar-refractivity contribution in [2.45, 2.75) is 37.5 Å². The molecule has 1 unspecified atom stereocenters. The van der Waals surface area contributed by atoms with Gasteiger partial charge < -0.3 is 10.4 Å². The Hall–Kier alpha value is -0.220. The number of thioether (sulfide) groups is 1. The highest BCUT2D eigenvalue weighted by atomic mass is 32.2. The molecule has 0 aromatic carbocycles. The third-order valence-electron chi connectivity index (χ3n) is 2.81. The zero-order chi connectivity index (χ0) is 9.90. The Morgan fingerprint density at radius 1 is 1.62 bits per heavy atom. The number of hydrogen-bond acceptors (Lipinski definition) is 3. The molecule has 76 valence electrons. The Balaban J connectivity index is 2.81. The van der Waals surface area contributed by atoms with Crippen LogP contribution in [-0.2, 0) is 4.79 Å². The van der Waals surface area contributed by atoms with E-state index in [1.165, 1.54) is 0 Å². The molecule has 0 aliphatic carbocycles. The maximum absolute atomic E-state index is 11.0. The summed E-state index contributed by atoms with van der Waals surface area (Å²) in [5, 5.41) is 12.2. The van der Waals surface area contributed by atoms with E-state index in [-0.39, 0.29) is 10.8 Å². The Morgan fingerprint density at radius 3 is 2.62 bits per heavy atom. The van der Waals surface area contributed by atoms with Gasteiger partial charge in [-0.1, -0.05) is 13.8 Å². The van der Waals surface area contributed by atoms with Gasteiger partial charge in [0.25, 0.3) is 0 Å². The van der Waals surface area contributed by atoms with E-state index in [0.717, 1.165) is 25.1 Å². The molecule has 1 fully saturated rings. The van der Waals surface area contributed by atoms with Crippen LogP contribution in [0, 0.1) is 0 Å². The van der Waals surface area contributed by atoms with Crippen LogP contribution >= 0.6 is 11.8 Å². The van der Waals surface area contributed by atoms with Gasteiger partial charge in [0.1, 0.15) is 6.04 Å². The van der Waals surface area contributed by atoms with E-state index in [1.54, 1.807) is 11.8 Å². The molecule has 0 saturated carbocycles. The van der Waals surface area contributed by atoms with Crippen LogP contribution in [0.3, 0.4) is 0 Å². The van der Waals surface area contributed by atoms with E-state index in [2.05, 4.69) is 19.2 Å². The molecule has 3 nitrogen and oxygen atoms in total. The summed E-state index contributed by atoms with van der Waals surface area (Å²) in [6.07, 6.45) is 1.83. The van der Waals surface area contributed by atoms with Gasteiger partial charge in [0, 0.05) is 17.0 Å². The van der Waals surface area contributed by atoms with Gasteiger partial charge in [-0.25, -0.2) is 0 Å². The topological polar surface area (TPSA) is 49.3 Å². The number of carbonyl (C=O) groups is 1. The van der Waals surface area contributed by atoms with Crippen LogP contribution in [0.1, 0.15) is 26.7 Å². The minimum absolute atomic E-state index is 0.0932. The van der Waals surface area contributed by atoms with Crippen LogP contribution in [0.25, 0.3) is 0 Å². The highest BCUT2D eigenvalue weighted by molar-refractivity contribution is 8.00. The molecule has 0 aromatic rings. The molecule has 0 bridgehead atoms. The molecule has 0 aromatic heterocycles. The van der Waals surface area contributed by atoms with E-state index in [1.807, 2.05) is 0 Å². The van der Waals surface area contributed by atoms with Crippen molar-refractivity contribution in [3.8, 4) is 0 Å². The van der Waals surface area contributed by atoms with Crippen molar-refractivity contribution >= 4 is 17.7 Å². The van der Waals surface area contributed by atoms with E-state index < -0.39 is 5.97 Å². The van der Waals surface area contributed by atoms with E-state index in [0.29, 0.717) is 0 Å². The average molecular weight is 203 g/mol. The van der Waals surface area contributed by atoms with Gasteiger partial charge in [-0.2, -0.15) is 11.8 Å². The SMILES string of the molecule is CCC1(CC)SCCNC1C(=O)O. The summed E-state index contributed by atoms with van der Waals surface area (Å²) >= 11 is 1.80. The van der Waals surface area contributed by atoms with Gasteiger partial charge in [-0.05, 0) is 12.8 Å². The largest absolute Gasteiger partial charge is 0.480 e. The second-order valence-corrected chi connectivity index (χ2v) is 4.86. The minimum atomic E-state index is -0.712. The Kier molecular flexibility index (Phi) is 3.62. The lowest BCUT2D eigenvalue weighted by Crippen LogP contribution is -2.56. The molecule has 4 heteroatoms. The van der Waals surface area contributed by atoms with Crippen molar-refractivity contribution in [3.63, 3.8) is 0 Å². The molecular weight excluding hydrogens is 186 g/mol. The average Bonchev–Trinajstić information content (AvgIpc) is 2.17. The van der Waals surface area contributed by atoms with Crippen molar-refractivity contribution in [2.75, 3.05) is 12.3 Å². The Morgan fingerprint density at radius 2 is 2.23 bits per heavy atom. The highest BCUT2D eigenvalue weighted by Gasteiger charge is 2.42. The fourth-order valence-electron chi connectivity index (χ4n) is 1.90. The first-order valence-corrected chi connectivity index (χ1v) is 5.75. The standard InChI is InChI=1S/C9H17NO2S/c1-3-9(4-2)7(8(11)12)10-5-6-13-9/h7,10H,3-6H2,1-2H3,(H,11,12). The fraction of sp³-hybridized carbons (Fsp3) is 0.889. The summed E-state index contributed by atoms with van der Waals surface area (Å²) in [6.45, 7) is 4.95. The quantitative estimate of drug-likeness (QED) is 0.726.